The van der Waals surface area contributed by atoms with Gasteiger partial charge < -0.3 is 5.32 Å². The van der Waals surface area contributed by atoms with Crippen LogP contribution in [0.25, 0.3) is 6.08 Å². The van der Waals surface area contributed by atoms with Crippen LogP contribution in [0.1, 0.15) is 11.1 Å². The molecule has 0 aliphatic rings. The molecule has 3 nitrogen and oxygen atoms in total. The van der Waals surface area contributed by atoms with E-state index in [2.05, 4.69) is 36.5 Å². The lowest BCUT2D eigenvalue weighted by molar-refractivity contribution is -0.112. The largest absolute Gasteiger partial charge is 0.321 e. The second-order valence-corrected chi connectivity index (χ2v) is 7.12. The molecule has 3 aromatic rings. The van der Waals surface area contributed by atoms with E-state index in [1.54, 1.807) is 30.0 Å². The van der Waals surface area contributed by atoms with E-state index in [4.69, 9.17) is 0 Å². The number of rotatable bonds is 5. The van der Waals surface area contributed by atoms with Gasteiger partial charge in [-0.05, 0) is 55.0 Å². The molecule has 0 unspecified atom stereocenters. The minimum atomic E-state index is -0.415. The average Bonchev–Trinajstić information content (AvgIpc) is 2.70. The molecular formula is C23H18N2OS. The van der Waals surface area contributed by atoms with E-state index >= 15 is 0 Å². The molecule has 27 heavy (non-hydrogen) atoms. The minimum Gasteiger partial charge on any atom is -0.321 e. The molecule has 0 saturated heterocycles. The summed E-state index contributed by atoms with van der Waals surface area (Å²) in [4.78, 5) is 14.5. The summed E-state index contributed by atoms with van der Waals surface area (Å²) in [7, 11) is 0. The van der Waals surface area contributed by atoms with Gasteiger partial charge in [0.05, 0.1) is 0 Å². The maximum Gasteiger partial charge on any atom is 0.266 e. The number of nitrogens with zero attached hydrogens (tertiary/aromatic N) is 1. The molecule has 1 N–H and O–H groups in total. The van der Waals surface area contributed by atoms with E-state index < -0.39 is 5.91 Å². The smallest absolute Gasteiger partial charge is 0.266 e. The number of nitriles is 1. The number of nitrogens with one attached hydrogen (secondary N) is 1. The Morgan fingerprint density at radius 1 is 0.926 bits per heavy atom. The molecule has 4 heteroatoms. The van der Waals surface area contributed by atoms with Crippen molar-refractivity contribution in [1.29, 1.82) is 5.26 Å². The molecule has 0 heterocycles. The quantitative estimate of drug-likeness (QED) is 0.463. The molecule has 0 fully saturated rings. The fraction of sp³-hybridized carbons (Fsp3) is 0.0435. The van der Waals surface area contributed by atoms with Crippen LogP contribution in [-0.4, -0.2) is 5.91 Å². The summed E-state index contributed by atoms with van der Waals surface area (Å²) in [6.07, 6.45) is 1.60. The Hall–Kier alpha value is -3.29. The SMILES string of the molecule is Cc1ccc(Sc2ccc(C=C(C#N)C(=O)Nc3ccccc3)cc2)cc1. The summed E-state index contributed by atoms with van der Waals surface area (Å²) in [6, 6.07) is 27.2. The number of amides is 1. The number of anilines is 1. The first-order valence-electron chi connectivity index (χ1n) is 8.47. The zero-order valence-corrected chi connectivity index (χ0v) is 15.7. The fourth-order valence-corrected chi connectivity index (χ4v) is 3.23. The molecule has 132 valence electrons. The Balaban J connectivity index is 1.70. The van der Waals surface area contributed by atoms with Crippen molar-refractivity contribution < 1.29 is 4.79 Å². The zero-order chi connectivity index (χ0) is 19.1. The van der Waals surface area contributed by atoms with Crippen LogP contribution in [0.2, 0.25) is 0 Å². The van der Waals surface area contributed by atoms with Crippen LogP contribution in [0.15, 0.2) is 94.2 Å². The van der Waals surface area contributed by atoms with E-state index in [0.717, 1.165) is 10.5 Å². The number of carbonyl (C=O) groups excluding carboxylic acids is 1. The van der Waals surface area contributed by atoms with Gasteiger partial charge in [0, 0.05) is 15.5 Å². The molecule has 0 aromatic heterocycles. The van der Waals surface area contributed by atoms with Gasteiger partial charge in [-0.25, -0.2) is 0 Å². The van der Waals surface area contributed by atoms with Crippen molar-refractivity contribution in [3.05, 3.63) is 95.6 Å². The van der Waals surface area contributed by atoms with Gasteiger partial charge >= 0.3 is 0 Å². The first-order valence-corrected chi connectivity index (χ1v) is 9.28. The van der Waals surface area contributed by atoms with Crippen LogP contribution in [0.3, 0.4) is 0 Å². The van der Waals surface area contributed by atoms with Gasteiger partial charge in [-0.3, -0.25) is 4.79 Å². The van der Waals surface area contributed by atoms with Gasteiger partial charge in [0.15, 0.2) is 0 Å². The third-order valence-electron chi connectivity index (χ3n) is 3.84. The van der Waals surface area contributed by atoms with Crippen LogP contribution < -0.4 is 5.32 Å². The Labute approximate surface area is 163 Å². The Kier molecular flexibility index (Phi) is 6.09. The zero-order valence-electron chi connectivity index (χ0n) is 14.8. The lowest BCUT2D eigenvalue weighted by Gasteiger charge is -2.05. The van der Waals surface area contributed by atoms with Gasteiger partial charge in [-0.15, -0.1) is 0 Å². The first kappa shape index (κ1) is 18.5. The van der Waals surface area contributed by atoms with Crippen LogP contribution in [0, 0.1) is 18.3 Å². The van der Waals surface area contributed by atoms with E-state index in [1.807, 2.05) is 48.5 Å². The van der Waals surface area contributed by atoms with Crippen molar-refractivity contribution in [3.63, 3.8) is 0 Å². The van der Waals surface area contributed by atoms with Crippen molar-refractivity contribution in [2.75, 3.05) is 5.32 Å². The van der Waals surface area contributed by atoms with Gasteiger partial charge in [-0.1, -0.05) is 59.8 Å². The van der Waals surface area contributed by atoms with E-state index in [0.29, 0.717) is 5.69 Å². The maximum absolute atomic E-state index is 12.3. The lowest BCUT2D eigenvalue weighted by atomic mass is 10.1. The monoisotopic (exact) mass is 370 g/mol. The molecule has 0 atom stereocenters. The second-order valence-electron chi connectivity index (χ2n) is 5.97. The van der Waals surface area contributed by atoms with Gasteiger partial charge in [0.2, 0.25) is 0 Å². The number of benzene rings is 3. The standard InChI is InChI=1S/C23H18N2OS/c1-17-7-11-21(12-8-17)27-22-13-9-18(10-14-22)15-19(16-24)23(26)25-20-5-3-2-4-6-20/h2-15H,1H3,(H,25,26). The van der Waals surface area contributed by atoms with Crippen molar-refractivity contribution in [3.8, 4) is 6.07 Å². The summed E-state index contributed by atoms with van der Waals surface area (Å²) < 4.78 is 0. The summed E-state index contributed by atoms with van der Waals surface area (Å²) in [5.41, 5.74) is 2.77. The molecule has 3 aromatic carbocycles. The van der Waals surface area contributed by atoms with Crippen LogP contribution in [-0.2, 0) is 4.79 Å². The van der Waals surface area contributed by atoms with Crippen molar-refractivity contribution in [2.24, 2.45) is 0 Å². The Morgan fingerprint density at radius 3 is 2.11 bits per heavy atom. The molecule has 0 saturated carbocycles. The predicted octanol–water partition coefficient (Wildman–Crippen LogP) is 5.69. The summed E-state index contributed by atoms with van der Waals surface area (Å²) in [6.45, 7) is 2.07. The van der Waals surface area contributed by atoms with E-state index in [1.165, 1.54) is 10.5 Å². The number of aryl methyl sites for hydroxylation is 1. The number of hydrogen-bond donors (Lipinski definition) is 1. The number of para-hydroxylation sites is 1. The van der Waals surface area contributed by atoms with Gasteiger partial charge in [0.1, 0.15) is 11.6 Å². The highest BCUT2D eigenvalue weighted by atomic mass is 32.2. The molecule has 3 rings (SSSR count). The molecule has 0 spiro atoms. The highest BCUT2D eigenvalue weighted by Gasteiger charge is 2.09. The normalized spacial score (nSPS) is 10.9. The van der Waals surface area contributed by atoms with E-state index in [9.17, 15) is 10.1 Å². The summed E-state index contributed by atoms with van der Waals surface area (Å²) >= 11 is 1.67. The third kappa shape index (κ3) is 5.34. The topological polar surface area (TPSA) is 52.9 Å². The predicted molar refractivity (Wildman–Crippen MR) is 110 cm³/mol. The average molecular weight is 370 g/mol. The van der Waals surface area contributed by atoms with Crippen molar-refractivity contribution in [1.82, 2.24) is 0 Å². The van der Waals surface area contributed by atoms with E-state index in [-0.39, 0.29) is 5.57 Å². The third-order valence-corrected chi connectivity index (χ3v) is 4.86. The molecule has 0 aliphatic heterocycles. The Morgan fingerprint density at radius 2 is 1.52 bits per heavy atom. The summed E-state index contributed by atoms with van der Waals surface area (Å²) in [5, 5.41) is 12.1. The highest BCUT2D eigenvalue weighted by Crippen LogP contribution is 2.28. The molecule has 0 bridgehead atoms. The fourth-order valence-electron chi connectivity index (χ4n) is 2.41. The Bertz CT molecular complexity index is 985. The van der Waals surface area contributed by atoms with Gasteiger partial charge in [0.25, 0.3) is 5.91 Å². The minimum absolute atomic E-state index is 0.0674. The van der Waals surface area contributed by atoms with Crippen LogP contribution >= 0.6 is 11.8 Å². The molecule has 0 aliphatic carbocycles. The molecule has 1 amide bonds. The molecule has 0 radical (unpaired) electrons. The van der Waals surface area contributed by atoms with Crippen molar-refractivity contribution in [2.45, 2.75) is 16.7 Å². The second kappa shape index (κ2) is 8.88. The van der Waals surface area contributed by atoms with Gasteiger partial charge in [-0.2, -0.15) is 5.26 Å². The van der Waals surface area contributed by atoms with Crippen LogP contribution in [0.5, 0.6) is 0 Å². The maximum atomic E-state index is 12.3. The highest BCUT2D eigenvalue weighted by molar-refractivity contribution is 7.99. The first-order chi connectivity index (χ1) is 13.1. The van der Waals surface area contributed by atoms with Crippen LogP contribution in [0.4, 0.5) is 5.69 Å². The lowest BCUT2D eigenvalue weighted by Crippen LogP contribution is -2.13. The van der Waals surface area contributed by atoms with Crippen molar-refractivity contribution >= 4 is 29.4 Å². The number of hydrogen-bond acceptors (Lipinski definition) is 3. The number of carbonyl (C=O) groups is 1. The summed E-state index contributed by atoms with van der Waals surface area (Å²) in [5.74, 6) is -0.415. The molecular weight excluding hydrogens is 352 g/mol.